The Morgan fingerprint density at radius 3 is 2.08 bits per heavy atom. The molecule has 0 aliphatic heterocycles. The van der Waals surface area contributed by atoms with E-state index in [0.29, 0.717) is 17.9 Å². The quantitative estimate of drug-likeness (QED) is 0.707. The van der Waals surface area contributed by atoms with Gasteiger partial charge < -0.3 is 9.47 Å². The van der Waals surface area contributed by atoms with Gasteiger partial charge in [0, 0.05) is 13.1 Å². The van der Waals surface area contributed by atoms with E-state index in [9.17, 15) is 13.2 Å². The molecule has 0 saturated heterocycles. The van der Waals surface area contributed by atoms with Gasteiger partial charge in [0.05, 0.1) is 24.7 Å². The van der Waals surface area contributed by atoms with Crippen LogP contribution >= 0.6 is 0 Å². The minimum absolute atomic E-state index is 0.210. The third kappa shape index (κ3) is 4.37. The number of rotatable bonds is 7. The second-order valence-electron chi connectivity index (χ2n) is 5.30. The Bertz CT molecular complexity index is 814. The maximum Gasteiger partial charge on any atom is 0.337 e. The lowest BCUT2D eigenvalue weighted by Gasteiger charge is -2.21. The summed E-state index contributed by atoms with van der Waals surface area (Å²) in [7, 11) is -0.776. The van der Waals surface area contributed by atoms with Crippen molar-refractivity contribution in [3.05, 3.63) is 59.7 Å². The minimum atomic E-state index is -3.62. The van der Waals surface area contributed by atoms with Gasteiger partial charge in [-0.2, -0.15) is 4.31 Å². The summed E-state index contributed by atoms with van der Waals surface area (Å²) >= 11 is 0. The average molecular weight is 363 g/mol. The fraction of sp³-hybridized carbons (Fsp3) is 0.278. The number of ether oxygens (including phenoxy) is 2. The van der Waals surface area contributed by atoms with Gasteiger partial charge in [-0.05, 0) is 42.0 Å². The van der Waals surface area contributed by atoms with E-state index >= 15 is 0 Å². The summed E-state index contributed by atoms with van der Waals surface area (Å²) in [5.74, 6) is 0.171. The smallest absolute Gasteiger partial charge is 0.337 e. The van der Waals surface area contributed by atoms with Crippen LogP contribution in [0.25, 0.3) is 0 Å². The fourth-order valence-electron chi connectivity index (χ4n) is 2.33. The molecule has 2 aromatic rings. The van der Waals surface area contributed by atoms with Crippen molar-refractivity contribution in [1.82, 2.24) is 4.31 Å². The van der Waals surface area contributed by atoms with Crippen LogP contribution in [-0.4, -0.2) is 39.5 Å². The summed E-state index contributed by atoms with van der Waals surface area (Å²) in [4.78, 5) is 11.7. The molecule has 0 fully saturated rings. The van der Waals surface area contributed by atoms with Gasteiger partial charge in [0.2, 0.25) is 10.0 Å². The van der Waals surface area contributed by atoms with E-state index in [4.69, 9.17) is 4.74 Å². The summed E-state index contributed by atoms with van der Waals surface area (Å²) in [6.45, 7) is 2.32. The van der Waals surface area contributed by atoms with E-state index in [-0.39, 0.29) is 11.4 Å². The van der Waals surface area contributed by atoms with Gasteiger partial charge in [-0.3, -0.25) is 0 Å². The number of sulfonamides is 1. The number of hydrogen-bond donors (Lipinski definition) is 0. The van der Waals surface area contributed by atoms with E-state index in [1.54, 1.807) is 43.3 Å². The number of hydrogen-bond acceptors (Lipinski definition) is 5. The number of nitrogens with zero attached hydrogens (tertiary/aromatic N) is 1. The molecule has 134 valence electrons. The molecule has 0 bridgehead atoms. The molecule has 0 aliphatic rings. The van der Waals surface area contributed by atoms with Gasteiger partial charge in [0.25, 0.3) is 0 Å². The molecule has 6 nitrogen and oxygen atoms in total. The van der Waals surface area contributed by atoms with Crippen LogP contribution in [0.2, 0.25) is 0 Å². The normalized spacial score (nSPS) is 11.4. The predicted octanol–water partition coefficient (Wildman–Crippen LogP) is 2.69. The van der Waals surface area contributed by atoms with Crippen LogP contribution in [0.5, 0.6) is 5.75 Å². The van der Waals surface area contributed by atoms with E-state index in [2.05, 4.69) is 4.74 Å². The Hall–Kier alpha value is -2.38. The average Bonchev–Trinajstić information content (AvgIpc) is 2.65. The minimum Gasteiger partial charge on any atom is -0.497 e. The SMILES string of the molecule is CCN(Cc1ccc(C(=O)OC)cc1)S(=O)(=O)c1ccc(OC)cc1. The van der Waals surface area contributed by atoms with Crippen molar-refractivity contribution in [1.29, 1.82) is 0 Å². The van der Waals surface area contributed by atoms with E-state index in [1.165, 1.54) is 30.7 Å². The molecular weight excluding hydrogens is 342 g/mol. The van der Waals surface area contributed by atoms with Crippen molar-refractivity contribution >= 4 is 16.0 Å². The van der Waals surface area contributed by atoms with E-state index in [0.717, 1.165) is 5.56 Å². The predicted molar refractivity (Wildman–Crippen MR) is 94.0 cm³/mol. The summed E-state index contributed by atoms with van der Waals surface area (Å²) in [6.07, 6.45) is 0. The largest absolute Gasteiger partial charge is 0.497 e. The molecule has 25 heavy (non-hydrogen) atoms. The van der Waals surface area contributed by atoms with E-state index < -0.39 is 16.0 Å². The highest BCUT2D eigenvalue weighted by molar-refractivity contribution is 7.89. The molecular formula is C18H21NO5S. The first kappa shape index (κ1) is 19.0. The highest BCUT2D eigenvalue weighted by Crippen LogP contribution is 2.21. The van der Waals surface area contributed by atoms with Crippen LogP contribution in [0.3, 0.4) is 0 Å². The molecule has 0 spiro atoms. The van der Waals surface area contributed by atoms with E-state index in [1.807, 2.05) is 0 Å². The molecule has 0 aliphatic carbocycles. The second-order valence-corrected chi connectivity index (χ2v) is 7.23. The highest BCUT2D eigenvalue weighted by atomic mass is 32.2. The molecule has 0 atom stereocenters. The molecule has 0 amide bonds. The van der Waals surface area contributed by atoms with Crippen LogP contribution in [0.4, 0.5) is 0 Å². The van der Waals surface area contributed by atoms with Crippen molar-refractivity contribution < 1.29 is 22.7 Å². The van der Waals surface area contributed by atoms with Crippen molar-refractivity contribution in [2.24, 2.45) is 0 Å². The van der Waals surface area contributed by atoms with Gasteiger partial charge in [0.15, 0.2) is 0 Å². The molecule has 0 unspecified atom stereocenters. The Labute approximate surface area is 148 Å². The van der Waals surface area contributed by atoms with Gasteiger partial charge in [-0.25, -0.2) is 13.2 Å². The van der Waals surface area contributed by atoms with Crippen LogP contribution in [-0.2, 0) is 21.3 Å². The molecule has 2 aromatic carbocycles. The van der Waals surface area contributed by atoms with Crippen LogP contribution in [0, 0.1) is 0 Å². The number of carbonyl (C=O) groups is 1. The topological polar surface area (TPSA) is 72.9 Å². The van der Waals surface area contributed by atoms with Crippen molar-refractivity contribution in [2.45, 2.75) is 18.4 Å². The standard InChI is InChI=1S/C18H21NO5S/c1-4-19(13-14-5-7-15(8-6-14)18(20)24-3)25(21,22)17-11-9-16(23-2)10-12-17/h5-12H,4,13H2,1-3H3. The van der Waals surface area contributed by atoms with Crippen molar-refractivity contribution in [3.8, 4) is 5.75 Å². The molecule has 0 N–H and O–H groups in total. The lowest BCUT2D eigenvalue weighted by molar-refractivity contribution is 0.0600. The Morgan fingerprint density at radius 2 is 1.60 bits per heavy atom. The zero-order chi connectivity index (χ0) is 18.4. The zero-order valence-corrected chi connectivity index (χ0v) is 15.2. The molecule has 0 radical (unpaired) electrons. The first-order valence-electron chi connectivity index (χ1n) is 7.73. The maximum absolute atomic E-state index is 12.8. The number of methoxy groups -OCH3 is 2. The van der Waals surface area contributed by atoms with Gasteiger partial charge >= 0.3 is 5.97 Å². The zero-order valence-electron chi connectivity index (χ0n) is 14.4. The number of benzene rings is 2. The monoisotopic (exact) mass is 363 g/mol. The molecule has 0 saturated carbocycles. The second kappa shape index (κ2) is 8.13. The van der Waals surface area contributed by atoms with Crippen LogP contribution in [0.15, 0.2) is 53.4 Å². The Kier molecular flexibility index (Phi) is 6.17. The summed E-state index contributed by atoms with van der Waals surface area (Å²) in [6, 6.07) is 13.0. The van der Waals surface area contributed by atoms with Crippen molar-refractivity contribution in [2.75, 3.05) is 20.8 Å². The lowest BCUT2D eigenvalue weighted by Crippen LogP contribution is -2.30. The van der Waals surface area contributed by atoms with Crippen LogP contribution < -0.4 is 4.74 Å². The number of esters is 1. The van der Waals surface area contributed by atoms with Crippen molar-refractivity contribution in [3.63, 3.8) is 0 Å². The van der Waals surface area contributed by atoms with Crippen LogP contribution in [0.1, 0.15) is 22.8 Å². The van der Waals surface area contributed by atoms with Gasteiger partial charge in [0.1, 0.15) is 5.75 Å². The summed E-state index contributed by atoms with van der Waals surface area (Å²) in [5, 5.41) is 0. The number of carbonyl (C=O) groups excluding carboxylic acids is 1. The third-order valence-corrected chi connectivity index (χ3v) is 5.72. The summed E-state index contributed by atoms with van der Waals surface area (Å²) < 4.78 is 36.7. The third-order valence-electron chi connectivity index (χ3n) is 3.78. The lowest BCUT2D eigenvalue weighted by atomic mass is 10.1. The Balaban J connectivity index is 2.21. The first-order valence-corrected chi connectivity index (χ1v) is 9.17. The summed E-state index contributed by atoms with van der Waals surface area (Å²) in [5.41, 5.74) is 1.21. The fourth-order valence-corrected chi connectivity index (χ4v) is 3.77. The van der Waals surface area contributed by atoms with Gasteiger partial charge in [-0.1, -0.05) is 19.1 Å². The van der Waals surface area contributed by atoms with Gasteiger partial charge in [-0.15, -0.1) is 0 Å². The molecule has 7 heteroatoms. The highest BCUT2D eigenvalue weighted by Gasteiger charge is 2.23. The first-order chi connectivity index (χ1) is 11.9. The maximum atomic E-state index is 12.8. The molecule has 0 aromatic heterocycles. The molecule has 0 heterocycles. The Morgan fingerprint density at radius 1 is 1.00 bits per heavy atom. The molecule has 2 rings (SSSR count).